The summed E-state index contributed by atoms with van der Waals surface area (Å²) in [6, 6.07) is 12.8. The minimum Gasteiger partial charge on any atom is -0.497 e. The monoisotopic (exact) mass is 484 g/mol. The highest BCUT2D eigenvalue weighted by molar-refractivity contribution is 7.80. The second-order valence-electron chi connectivity index (χ2n) is 8.49. The zero-order chi connectivity index (χ0) is 24.7. The average Bonchev–Trinajstić information content (AvgIpc) is 2.83. The van der Waals surface area contributed by atoms with E-state index in [2.05, 4.69) is 29.4 Å². The molecule has 1 aliphatic heterocycles. The van der Waals surface area contributed by atoms with Crippen LogP contribution >= 0.6 is 12.2 Å². The van der Waals surface area contributed by atoms with E-state index in [1.165, 1.54) is 7.11 Å². The molecule has 0 bridgehead atoms. The van der Waals surface area contributed by atoms with Gasteiger partial charge in [-0.05, 0) is 54.5 Å². The number of ether oxygens (including phenoxy) is 2. The van der Waals surface area contributed by atoms with Gasteiger partial charge >= 0.3 is 0 Å². The van der Waals surface area contributed by atoms with Gasteiger partial charge in [0.2, 0.25) is 5.91 Å². The van der Waals surface area contributed by atoms with Crippen molar-refractivity contribution < 1.29 is 19.1 Å². The van der Waals surface area contributed by atoms with E-state index in [0.29, 0.717) is 29.4 Å². The SMILES string of the molecule is COc1ccc(C(=O)NC(=S)Nc2ccc(N3CCN(C(=O)CC(C)C)CC3)cc2)c(OC)c1. The Balaban J connectivity index is 1.52. The van der Waals surface area contributed by atoms with Gasteiger partial charge in [0, 0.05) is 50.0 Å². The van der Waals surface area contributed by atoms with Crippen LogP contribution in [0.4, 0.5) is 11.4 Å². The Morgan fingerprint density at radius 3 is 2.26 bits per heavy atom. The largest absolute Gasteiger partial charge is 0.497 e. The first-order valence-electron chi connectivity index (χ1n) is 11.3. The molecule has 1 aliphatic rings. The van der Waals surface area contributed by atoms with E-state index in [-0.39, 0.29) is 16.9 Å². The first kappa shape index (κ1) is 25.3. The third-order valence-electron chi connectivity index (χ3n) is 5.59. The molecule has 182 valence electrons. The summed E-state index contributed by atoms with van der Waals surface area (Å²) in [4.78, 5) is 29.1. The number of rotatable bonds is 7. The number of thiocarbonyl (C=S) groups is 1. The van der Waals surface area contributed by atoms with Crippen LogP contribution in [0.2, 0.25) is 0 Å². The smallest absolute Gasteiger partial charge is 0.261 e. The molecular formula is C25H32N4O4S. The molecule has 3 rings (SSSR count). The first-order chi connectivity index (χ1) is 16.3. The van der Waals surface area contributed by atoms with E-state index in [1.54, 1.807) is 25.3 Å². The van der Waals surface area contributed by atoms with Crippen LogP contribution in [0.3, 0.4) is 0 Å². The quantitative estimate of drug-likeness (QED) is 0.582. The van der Waals surface area contributed by atoms with E-state index in [0.717, 1.165) is 37.6 Å². The van der Waals surface area contributed by atoms with Crippen LogP contribution in [0.15, 0.2) is 42.5 Å². The van der Waals surface area contributed by atoms with Crippen molar-refractivity contribution in [2.24, 2.45) is 5.92 Å². The number of carbonyl (C=O) groups is 2. The number of hydrogen-bond acceptors (Lipinski definition) is 6. The van der Waals surface area contributed by atoms with Crippen LogP contribution in [-0.4, -0.2) is 62.2 Å². The molecule has 0 aliphatic carbocycles. The maximum Gasteiger partial charge on any atom is 0.261 e. The van der Waals surface area contributed by atoms with Crippen LogP contribution < -0.4 is 25.0 Å². The van der Waals surface area contributed by atoms with Gasteiger partial charge in [-0.3, -0.25) is 14.9 Å². The van der Waals surface area contributed by atoms with E-state index in [9.17, 15) is 9.59 Å². The lowest BCUT2D eigenvalue weighted by molar-refractivity contribution is -0.132. The summed E-state index contributed by atoms with van der Waals surface area (Å²) in [5.74, 6) is 1.22. The topological polar surface area (TPSA) is 83.1 Å². The zero-order valence-corrected chi connectivity index (χ0v) is 20.9. The van der Waals surface area contributed by atoms with E-state index >= 15 is 0 Å². The average molecular weight is 485 g/mol. The highest BCUT2D eigenvalue weighted by Crippen LogP contribution is 2.24. The van der Waals surface area contributed by atoms with Gasteiger partial charge in [0.25, 0.3) is 5.91 Å². The lowest BCUT2D eigenvalue weighted by Gasteiger charge is -2.36. The van der Waals surface area contributed by atoms with Gasteiger partial charge in [0.15, 0.2) is 5.11 Å². The van der Waals surface area contributed by atoms with Gasteiger partial charge in [0.05, 0.1) is 19.8 Å². The lowest BCUT2D eigenvalue weighted by Crippen LogP contribution is -2.49. The molecule has 34 heavy (non-hydrogen) atoms. The Bertz CT molecular complexity index is 1020. The Morgan fingerprint density at radius 2 is 1.68 bits per heavy atom. The molecule has 0 saturated carbocycles. The molecule has 0 aromatic heterocycles. The summed E-state index contributed by atoms with van der Waals surface area (Å²) >= 11 is 5.31. The highest BCUT2D eigenvalue weighted by atomic mass is 32.1. The van der Waals surface area contributed by atoms with Crippen molar-refractivity contribution in [1.82, 2.24) is 10.2 Å². The van der Waals surface area contributed by atoms with Crippen molar-refractivity contribution in [2.45, 2.75) is 20.3 Å². The summed E-state index contributed by atoms with van der Waals surface area (Å²) in [5.41, 5.74) is 2.20. The number of benzene rings is 2. The summed E-state index contributed by atoms with van der Waals surface area (Å²) < 4.78 is 10.4. The van der Waals surface area contributed by atoms with Crippen molar-refractivity contribution in [2.75, 3.05) is 50.6 Å². The molecule has 0 spiro atoms. The molecule has 2 amide bonds. The number of carbonyl (C=O) groups excluding carboxylic acids is 2. The van der Waals surface area contributed by atoms with E-state index in [1.807, 2.05) is 29.2 Å². The fourth-order valence-electron chi connectivity index (χ4n) is 3.77. The van der Waals surface area contributed by atoms with Crippen molar-refractivity contribution >= 4 is 40.5 Å². The van der Waals surface area contributed by atoms with Crippen molar-refractivity contribution in [3.63, 3.8) is 0 Å². The van der Waals surface area contributed by atoms with Crippen molar-refractivity contribution in [3.8, 4) is 11.5 Å². The maximum atomic E-state index is 12.6. The Labute approximate surface area is 206 Å². The molecule has 0 atom stereocenters. The van der Waals surface area contributed by atoms with Crippen LogP contribution in [0.25, 0.3) is 0 Å². The molecular weight excluding hydrogens is 452 g/mol. The van der Waals surface area contributed by atoms with Crippen LogP contribution in [0, 0.1) is 5.92 Å². The molecule has 0 radical (unpaired) electrons. The number of hydrogen-bond donors (Lipinski definition) is 2. The minimum absolute atomic E-state index is 0.188. The fourth-order valence-corrected chi connectivity index (χ4v) is 3.98. The van der Waals surface area contributed by atoms with E-state index in [4.69, 9.17) is 21.7 Å². The molecule has 2 aromatic rings. The van der Waals surface area contributed by atoms with Crippen molar-refractivity contribution in [1.29, 1.82) is 0 Å². The molecule has 2 aromatic carbocycles. The van der Waals surface area contributed by atoms with Crippen LogP contribution in [-0.2, 0) is 4.79 Å². The van der Waals surface area contributed by atoms with Gasteiger partial charge in [-0.1, -0.05) is 13.8 Å². The molecule has 8 nitrogen and oxygen atoms in total. The van der Waals surface area contributed by atoms with Gasteiger partial charge in [0.1, 0.15) is 11.5 Å². The molecule has 1 fully saturated rings. The Hall–Kier alpha value is -3.33. The predicted octanol–water partition coefficient (Wildman–Crippen LogP) is 3.53. The second-order valence-corrected chi connectivity index (χ2v) is 8.90. The lowest BCUT2D eigenvalue weighted by atomic mass is 10.1. The second kappa shape index (κ2) is 11.7. The normalized spacial score (nSPS) is 13.4. The number of nitrogens with one attached hydrogen (secondary N) is 2. The zero-order valence-electron chi connectivity index (χ0n) is 20.1. The highest BCUT2D eigenvalue weighted by Gasteiger charge is 2.21. The predicted molar refractivity (Wildman–Crippen MR) is 138 cm³/mol. The first-order valence-corrected chi connectivity index (χ1v) is 11.7. The fraction of sp³-hybridized carbons (Fsp3) is 0.400. The van der Waals surface area contributed by atoms with Gasteiger partial charge in [-0.25, -0.2) is 0 Å². The summed E-state index contributed by atoms with van der Waals surface area (Å²) in [6.45, 7) is 7.20. The number of nitrogens with zero attached hydrogens (tertiary/aromatic N) is 2. The van der Waals surface area contributed by atoms with Gasteiger partial charge in [-0.2, -0.15) is 0 Å². The molecule has 9 heteroatoms. The van der Waals surface area contributed by atoms with Crippen LogP contribution in [0.1, 0.15) is 30.6 Å². The summed E-state index contributed by atoms with van der Waals surface area (Å²) in [5, 5.41) is 5.90. The summed E-state index contributed by atoms with van der Waals surface area (Å²) in [6.07, 6.45) is 0.599. The molecule has 1 saturated heterocycles. The Kier molecular flexibility index (Phi) is 8.70. The standard InChI is InChI=1S/C25H32N4O4S/c1-17(2)15-23(30)29-13-11-28(12-14-29)19-7-5-18(6-8-19)26-25(34)27-24(31)21-10-9-20(32-3)16-22(21)33-4/h5-10,16-17H,11-15H2,1-4H3,(H2,26,27,31,34). The van der Waals surface area contributed by atoms with Gasteiger partial charge in [-0.15, -0.1) is 0 Å². The number of methoxy groups -OCH3 is 2. The molecule has 1 heterocycles. The Morgan fingerprint density at radius 1 is 1.00 bits per heavy atom. The van der Waals surface area contributed by atoms with Gasteiger partial charge < -0.3 is 24.6 Å². The minimum atomic E-state index is -0.376. The number of piperazine rings is 1. The number of anilines is 2. The van der Waals surface area contributed by atoms with Crippen LogP contribution in [0.5, 0.6) is 11.5 Å². The summed E-state index contributed by atoms with van der Waals surface area (Å²) in [7, 11) is 3.04. The maximum absolute atomic E-state index is 12.6. The molecule has 2 N–H and O–H groups in total. The third kappa shape index (κ3) is 6.60. The third-order valence-corrected chi connectivity index (χ3v) is 5.79. The van der Waals surface area contributed by atoms with E-state index < -0.39 is 0 Å². The molecule has 0 unspecified atom stereocenters. The number of amides is 2. The van der Waals surface area contributed by atoms with Crippen molar-refractivity contribution in [3.05, 3.63) is 48.0 Å².